The maximum absolute atomic E-state index is 12.7. The zero-order valence-corrected chi connectivity index (χ0v) is 19.0. The van der Waals surface area contributed by atoms with Crippen molar-refractivity contribution in [3.05, 3.63) is 63.9 Å². The number of aromatic nitrogens is 1. The molecule has 31 heavy (non-hydrogen) atoms. The van der Waals surface area contributed by atoms with E-state index in [1.54, 1.807) is 11.3 Å². The third-order valence-electron chi connectivity index (χ3n) is 5.14. The van der Waals surface area contributed by atoms with Gasteiger partial charge in [-0.1, -0.05) is 35.9 Å². The molecule has 0 saturated carbocycles. The number of ether oxygens (including phenoxy) is 1. The molecule has 0 spiro atoms. The number of rotatable bonds is 6. The van der Waals surface area contributed by atoms with E-state index < -0.39 is 0 Å². The minimum atomic E-state index is -0.0916. The van der Waals surface area contributed by atoms with Gasteiger partial charge in [0.25, 0.3) is 0 Å². The van der Waals surface area contributed by atoms with Crippen LogP contribution >= 0.6 is 22.9 Å². The standard InChI is InChI=1S/C23H25ClN4O2S/c1-2-30-21-6-4-3-5-19(21)26-23(29)28-13-11-27(12-14-28)15-22-25-20(16-31-22)17-7-9-18(24)10-8-17/h3-10,16H,2,11-15H2,1H3,(H,26,29). The molecule has 0 atom stereocenters. The maximum atomic E-state index is 12.7. The number of para-hydroxylation sites is 2. The number of piperazine rings is 1. The molecule has 2 aromatic carbocycles. The summed E-state index contributed by atoms with van der Waals surface area (Å²) in [6.45, 7) is 6.27. The Morgan fingerprint density at radius 3 is 2.61 bits per heavy atom. The van der Waals surface area contributed by atoms with Gasteiger partial charge in [-0.2, -0.15) is 0 Å². The van der Waals surface area contributed by atoms with Crippen LogP contribution in [0, 0.1) is 0 Å². The van der Waals surface area contributed by atoms with Crippen LogP contribution in [-0.4, -0.2) is 53.6 Å². The minimum absolute atomic E-state index is 0.0916. The van der Waals surface area contributed by atoms with Crippen molar-refractivity contribution in [3.8, 4) is 17.0 Å². The number of hydrogen-bond donors (Lipinski definition) is 1. The summed E-state index contributed by atoms with van der Waals surface area (Å²) in [5.41, 5.74) is 2.75. The maximum Gasteiger partial charge on any atom is 0.322 e. The SMILES string of the molecule is CCOc1ccccc1NC(=O)N1CCN(Cc2nc(-c3ccc(Cl)cc3)cs2)CC1. The van der Waals surface area contributed by atoms with E-state index in [0.29, 0.717) is 31.1 Å². The number of amides is 2. The van der Waals surface area contributed by atoms with Crippen molar-refractivity contribution < 1.29 is 9.53 Å². The second kappa shape index (κ2) is 10.1. The van der Waals surface area contributed by atoms with Gasteiger partial charge in [-0.05, 0) is 31.2 Å². The number of anilines is 1. The van der Waals surface area contributed by atoms with Crippen LogP contribution in [0.15, 0.2) is 53.9 Å². The second-order valence-corrected chi connectivity index (χ2v) is 8.63. The smallest absolute Gasteiger partial charge is 0.322 e. The zero-order chi connectivity index (χ0) is 21.6. The Morgan fingerprint density at radius 1 is 1.13 bits per heavy atom. The molecular weight excluding hydrogens is 432 g/mol. The van der Waals surface area contributed by atoms with Gasteiger partial charge in [0.15, 0.2) is 0 Å². The van der Waals surface area contributed by atoms with Gasteiger partial charge in [0.2, 0.25) is 0 Å². The highest BCUT2D eigenvalue weighted by molar-refractivity contribution is 7.09. The lowest BCUT2D eigenvalue weighted by Gasteiger charge is -2.34. The Bertz CT molecular complexity index is 1020. The number of halogens is 1. The van der Waals surface area contributed by atoms with Gasteiger partial charge >= 0.3 is 6.03 Å². The number of hydrogen-bond acceptors (Lipinski definition) is 5. The summed E-state index contributed by atoms with van der Waals surface area (Å²) < 4.78 is 5.59. The van der Waals surface area contributed by atoms with E-state index in [1.807, 2.05) is 60.4 Å². The highest BCUT2D eigenvalue weighted by Crippen LogP contribution is 2.26. The van der Waals surface area contributed by atoms with Gasteiger partial charge in [-0.3, -0.25) is 4.90 Å². The topological polar surface area (TPSA) is 57.7 Å². The largest absolute Gasteiger partial charge is 0.492 e. The second-order valence-electron chi connectivity index (χ2n) is 7.26. The number of carbonyl (C=O) groups is 1. The molecule has 1 N–H and O–H groups in total. The van der Waals surface area contributed by atoms with Crippen molar-refractivity contribution in [2.45, 2.75) is 13.5 Å². The van der Waals surface area contributed by atoms with E-state index >= 15 is 0 Å². The Hall–Kier alpha value is -2.61. The van der Waals surface area contributed by atoms with Crippen LogP contribution in [0.3, 0.4) is 0 Å². The lowest BCUT2D eigenvalue weighted by Crippen LogP contribution is -2.49. The molecule has 1 aliphatic rings. The number of nitrogens with one attached hydrogen (secondary N) is 1. The molecule has 1 aliphatic heterocycles. The summed E-state index contributed by atoms with van der Waals surface area (Å²) in [4.78, 5) is 21.6. The van der Waals surface area contributed by atoms with E-state index in [-0.39, 0.29) is 6.03 Å². The molecule has 2 heterocycles. The molecule has 3 aromatic rings. The van der Waals surface area contributed by atoms with Crippen molar-refractivity contribution in [2.75, 3.05) is 38.1 Å². The van der Waals surface area contributed by atoms with Crippen LogP contribution in [0.1, 0.15) is 11.9 Å². The number of urea groups is 1. The van der Waals surface area contributed by atoms with Crippen LogP contribution < -0.4 is 10.1 Å². The first kappa shape index (κ1) is 21.6. The predicted octanol–water partition coefficient (Wildman–Crippen LogP) is 5.21. The first-order valence-corrected chi connectivity index (χ1v) is 11.6. The van der Waals surface area contributed by atoms with E-state index in [4.69, 9.17) is 21.3 Å². The fourth-order valence-corrected chi connectivity index (χ4v) is 4.45. The molecule has 1 fully saturated rings. The van der Waals surface area contributed by atoms with Crippen molar-refractivity contribution in [1.82, 2.24) is 14.8 Å². The average Bonchev–Trinajstić information content (AvgIpc) is 3.25. The Balaban J connectivity index is 1.29. The highest BCUT2D eigenvalue weighted by Gasteiger charge is 2.22. The van der Waals surface area contributed by atoms with Gasteiger partial charge in [0.05, 0.1) is 24.5 Å². The molecule has 1 aromatic heterocycles. The number of benzene rings is 2. The number of thiazole rings is 1. The number of carbonyl (C=O) groups excluding carboxylic acids is 1. The van der Waals surface area contributed by atoms with Crippen LogP contribution in [0.25, 0.3) is 11.3 Å². The van der Waals surface area contributed by atoms with Gasteiger partial charge in [-0.25, -0.2) is 9.78 Å². The molecule has 0 unspecified atom stereocenters. The summed E-state index contributed by atoms with van der Waals surface area (Å²) in [5, 5.41) is 6.86. The summed E-state index contributed by atoms with van der Waals surface area (Å²) in [6, 6.07) is 15.2. The quantitative estimate of drug-likeness (QED) is 0.553. The van der Waals surface area contributed by atoms with Crippen LogP contribution in [0.2, 0.25) is 5.02 Å². The summed E-state index contributed by atoms with van der Waals surface area (Å²) in [7, 11) is 0. The van der Waals surface area contributed by atoms with E-state index in [2.05, 4.69) is 15.6 Å². The Kier molecular flexibility index (Phi) is 7.06. The van der Waals surface area contributed by atoms with E-state index in [9.17, 15) is 4.79 Å². The molecule has 0 radical (unpaired) electrons. The predicted molar refractivity (Wildman–Crippen MR) is 126 cm³/mol. The molecule has 2 amide bonds. The van der Waals surface area contributed by atoms with Crippen LogP contribution in [0.5, 0.6) is 5.75 Å². The molecule has 0 bridgehead atoms. The number of nitrogens with zero attached hydrogens (tertiary/aromatic N) is 3. The Morgan fingerprint density at radius 2 is 1.87 bits per heavy atom. The van der Waals surface area contributed by atoms with Gasteiger partial charge < -0.3 is 15.0 Å². The average molecular weight is 457 g/mol. The Labute approximate surface area is 191 Å². The summed E-state index contributed by atoms with van der Waals surface area (Å²) >= 11 is 7.64. The molecule has 0 aliphatic carbocycles. The zero-order valence-electron chi connectivity index (χ0n) is 17.4. The molecule has 4 rings (SSSR count). The molecule has 1 saturated heterocycles. The molecular formula is C23H25ClN4O2S. The fraction of sp³-hybridized carbons (Fsp3) is 0.304. The van der Waals surface area contributed by atoms with Crippen molar-refractivity contribution in [3.63, 3.8) is 0 Å². The lowest BCUT2D eigenvalue weighted by molar-refractivity contribution is 0.143. The van der Waals surface area contributed by atoms with Crippen molar-refractivity contribution in [1.29, 1.82) is 0 Å². The summed E-state index contributed by atoms with van der Waals surface area (Å²) in [5.74, 6) is 0.692. The fourth-order valence-electron chi connectivity index (χ4n) is 3.48. The minimum Gasteiger partial charge on any atom is -0.492 e. The van der Waals surface area contributed by atoms with E-state index in [1.165, 1.54) is 0 Å². The van der Waals surface area contributed by atoms with Gasteiger partial charge in [-0.15, -0.1) is 11.3 Å². The third kappa shape index (κ3) is 5.55. The third-order valence-corrected chi connectivity index (χ3v) is 6.22. The van der Waals surface area contributed by atoms with E-state index in [0.717, 1.165) is 40.9 Å². The highest BCUT2D eigenvalue weighted by atomic mass is 35.5. The van der Waals surface area contributed by atoms with Crippen molar-refractivity contribution in [2.24, 2.45) is 0 Å². The normalized spacial score (nSPS) is 14.5. The first-order chi connectivity index (χ1) is 15.1. The lowest BCUT2D eigenvalue weighted by atomic mass is 10.2. The molecule has 162 valence electrons. The van der Waals surface area contributed by atoms with Gasteiger partial charge in [0, 0.05) is 42.1 Å². The monoisotopic (exact) mass is 456 g/mol. The molecule has 6 nitrogen and oxygen atoms in total. The van der Waals surface area contributed by atoms with Gasteiger partial charge in [0.1, 0.15) is 10.8 Å². The molecule has 8 heteroatoms. The van der Waals surface area contributed by atoms with Crippen LogP contribution in [0.4, 0.5) is 10.5 Å². The first-order valence-electron chi connectivity index (χ1n) is 10.3. The van der Waals surface area contributed by atoms with Crippen LogP contribution in [-0.2, 0) is 6.54 Å². The summed E-state index contributed by atoms with van der Waals surface area (Å²) in [6.07, 6.45) is 0. The van der Waals surface area contributed by atoms with Crippen molar-refractivity contribution >= 4 is 34.7 Å².